The van der Waals surface area contributed by atoms with Gasteiger partial charge in [0.2, 0.25) is 0 Å². The molecule has 2 rings (SSSR count). The van der Waals surface area contributed by atoms with Gasteiger partial charge in [0.05, 0.1) is 18.2 Å². The van der Waals surface area contributed by atoms with Crippen LogP contribution in [0.4, 0.5) is 0 Å². The van der Waals surface area contributed by atoms with Crippen molar-refractivity contribution >= 4 is 11.9 Å². The van der Waals surface area contributed by atoms with Crippen molar-refractivity contribution in [2.24, 2.45) is 16.1 Å². The van der Waals surface area contributed by atoms with Crippen LogP contribution in [0.2, 0.25) is 0 Å². The second kappa shape index (κ2) is 11.0. The average Bonchev–Trinajstić information content (AvgIpc) is 2.67. The monoisotopic (exact) mass is 378 g/mol. The van der Waals surface area contributed by atoms with Crippen LogP contribution in [0.5, 0.6) is 0 Å². The first-order chi connectivity index (χ1) is 13.0. The molecular weight excluding hydrogens is 348 g/mol. The van der Waals surface area contributed by atoms with E-state index in [1.54, 1.807) is 0 Å². The lowest BCUT2D eigenvalue weighted by molar-refractivity contribution is -0.158. The van der Waals surface area contributed by atoms with E-state index in [1.165, 1.54) is 13.8 Å². The summed E-state index contributed by atoms with van der Waals surface area (Å²) in [6.07, 6.45) is 7.38. The van der Waals surface area contributed by atoms with Gasteiger partial charge in [-0.15, -0.1) is 0 Å². The second-order valence-electron chi connectivity index (χ2n) is 7.45. The lowest BCUT2D eigenvalue weighted by Gasteiger charge is -2.34. The minimum absolute atomic E-state index is 0.127. The third-order valence-corrected chi connectivity index (χ3v) is 5.32. The van der Waals surface area contributed by atoms with Gasteiger partial charge in [0.15, 0.2) is 0 Å². The number of hydrogen-bond donors (Lipinski definition) is 0. The molecule has 0 bridgehead atoms. The Morgan fingerprint density at radius 2 is 1.33 bits per heavy atom. The predicted molar refractivity (Wildman–Crippen MR) is 97.4 cm³/mol. The molecule has 0 spiro atoms. The number of hydrogen-bond acceptors (Lipinski definition) is 8. The van der Waals surface area contributed by atoms with E-state index < -0.39 is 0 Å². The number of ether oxygens (including phenoxy) is 2. The van der Waals surface area contributed by atoms with E-state index in [0.717, 1.165) is 51.4 Å². The van der Waals surface area contributed by atoms with Crippen molar-refractivity contribution in [3.8, 4) is 6.07 Å². The summed E-state index contributed by atoms with van der Waals surface area (Å²) in [6, 6.07) is 3.02. The van der Waals surface area contributed by atoms with E-state index in [4.69, 9.17) is 14.7 Å². The molecule has 8 heteroatoms. The molecule has 0 aromatic carbocycles. The van der Waals surface area contributed by atoms with Crippen LogP contribution >= 0.6 is 0 Å². The molecule has 0 aliphatic heterocycles. The van der Waals surface area contributed by atoms with Gasteiger partial charge >= 0.3 is 11.9 Å². The molecule has 27 heavy (non-hydrogen) atoms. The van der Waals surface area contributed by atoms with E-state index in [2.05, 4.69) is 16.3 Å². The number of carbonyl (C=O) groups is 2. The van der Waals surface area contributed by atoms with E-state index in [-0.39, 0.29) is 49.4 Å². The van der Waals surface area contributed by atoms with E-state index in [9.17, 15) is 9.59 Å². The maximum atomic E-state index is 11.1. The lowest BCUT2D eigenvalue weighted by Crippen LogP contribution is -2.42. The minimum atomic E-state index is -0.351. The zero-order valence-electron chi connectivity index (χ0n) is 16.3. The van der Waals surface area contributed by atoms with Gasteiger partial charge in [-0.2, -0.15) is 15.5 Å². The van der Waals surface area contributed by atoms with Crippen LogP contribution in [0.15, 0.2) is 10.2 Å². The third kappa shape index (κ3) is 7.63. The standard InChI is InChI=1S/C19H30N4O4/c1-14(24)26-12-23(13-27-15(2)25)19-9-7-18(8-10-19)22-21-17-5-3-16(11-20)4-6-17/h16-19H,3-10,12-13H2,1-2H3. The zero-order valence-corrected chi connectivity index (χ0v) is 16.3. The fourth-order valence-corrected chi connectivity index (χ4v) is 3.64. The largest absolute Gasteiger partial charge is 0.450 e. The highest BCUT2D eigenvalue weighted by Crippen LogP contribution is 2.28. The first kappa shape index (κ1) is 21.3. The van der Waals surface area contributed by atoms with Crippen molar-refractivity contribution in [1.82, 2.24) is 4.90 Å². The molecule has 0 radical (unpaired) electrons. The first-order valence-electron chi connectivity index (χ1n) is 9.78. The molecule has 8 nitrogen and oxygen atoms in total. The van der Waals surface area contributed by atoms with Crippen molar-refractivity contribution in [2.45, 2.75) is 83.3 Å². The molecule has 2 fully saturated rings. The number of nitrogens with zero attached hydrogens (tertiary/aromatic N) is 4. The number of carbonyl (C=O) groups excluding carboxylic acids is 2. The van der Waals surface area contributed by atoms with Crippen LogP contribution in [-0.2, 0) is 19.1 Å². The summed E-state index contributed by atoms with van der Waals surface area (Å²) in [6.45, 7) is 2.99. The minimum Gasteiger partial charge on any atom is -0.450 e. The number of rotatable bonds is 7. The molecule has 2 saturated carbocycles. The Kier molecular flexibility index (Phi) is 8.65. The molecule has 0 saturated heterocycles. The Bertz CT molecular complexity index is 541. The predicted octanol–water partition coefficient (Wildman–Crippen LogP) is 3.18. The Morgan fingerprint density at radius 3 is 1.74 bits per heavy atom. The molecule has 0 aromatic rings. The van der Waals surface area contributed by atoms with Crippen LogP contribution in [0, 0.1) is 17.2 Å². The Labute approximate surface area is 160 Å². The summed E-state index contributed by atoms with van der Waals surface area (Å²) in [5.74, 6) is -0.514. The van der Waals surface area contributed by atoms with E-state index in [0.29, 0.717) is 0 Å². The van der Waals surface area contributed by atoms with Gasteiger partial charge in [-0.25, -0.2) is 4.90 Å². The average molecular weight is 378 g/mol. The maximum Gasteiger partial charge on any atom is 0.303 e. The van der Waals surface area contributed by atoms with Crippen molar-refractivity contribution in [2.75, 3.05) is 13.5 Å². The topological polar surface area (TPSA) is 104 Å². The number of nitriles is 1. The Balaban J connectivity index is 1.77. The molecule has 150 valence electrons. The van der Waals surface area contributed by atoms with Gasteiger partial charge in [-0.1, -0.05) is 0 Å². The van der Waals surface area contributed by atoms with E-state index in [1.807, 2.05) is 4.90 Å². The van der Waals surface area contributed by atoms with Crippen molar-refractivity contribution in [3.63, 3.8) is 0 Å². The van der Waals surface area contributed by atoms with Crippen LogP contribution in [0.25, 0.3) is 0 Å². The normalized spacial score (nSPS) is 28.7. The smallest absolute Gasteiger partial charge is 0.303 e. The van der Waals surface area contributed by atoms with Gasteiger partial charge in [-0.05, 0) is 51.4 Å². The maximum absolute atomic E-state index is 11.1. The molecule has 0 aromatic heterocycles. The van der Waals surface area contributed by atoms with Crippen molar-refractivity contribution < 1.29 is 19.1 Å². The van der Waals surface area contributed by atoms with Crippen molar-refractivity contribution in [1.29, 1.82) is 5.26 Å². The molecule has 0 unspecified atom stereocenters. The molecule has 0 amide bonds. The zero-order chi connectivity index (χ0) is 19.6. The summed E-state index contributed by atoms with van der Waals surface area (Å²) in [5.41, 5.74) is 0. The summed E-state index contributed by atoms with van der Waals surface area (Å²) in [4.78, 5) is 24.1. The molecule has 0 heterocycles. The van der Waals surface area contributed by atoms with Crippen LogP contribution in [-0.4, -0.2) is 48.4 Å². The van der Waals surface area contributed by atoms with Gasteiger partial charge in [0.1, 0.15) is 13.5 Å². The van der Waals surface area contributed by atoms with Gasteiger partial charge in [0, 0.05) is 25.8 Å². The van der Waals surface area contributed by atoms with E-state index >= 15 is 0 Å². The molecule has 2 aliphatic rings. The highest BCUT2D eigenvalue weighted by molar-refractivity contribution is 5.66. The third-order valence-electron chi connectivity index (χ3n) is 5.32. The van der Waals surface area contributed by atoms with Crippen LogP contribution in [0.1, 0.15) is 65.2 Å². The first-order valence-corrected chi connectivity index (χ1v) is 9.78. The fraction of sp³-hybridized carbons (Fsp3) is 0.842. The van der Waals surface area contributed by atoms with Crippen LogP contribution < -0.4 is 0 Å². The van der Waals surface area contributed by atoms with Crippen LogP contribution in [0.3, 0.4) is 0 Å². The highest BCUT2D eigenvalue weighted by atomic mass is 16.6. The Morgan fingerprint density at radius 1 is 0.889 bits per heavy atom. The molecule has 0 atom stereocenters. The van der Waals surface area contributed by atoms with Crippen molar-refractivity contribution in [3.05, 3.63) is 0 Å². The number of azo groups is 1. The summed E-state index contributed by atoms with van der Waals surface area (Å²) < 4.78 is 10.2. The summed E-state index contributed by atoms with van der Waals surface area (Å²) in [7, 11) is 0. The quantitative estimate of drug-likeness (QED) is 0.383. The molecular formula is C19H30N4O4. The number of esters is 2. The lowest BCUT2D eigenvalue weighted by atomic mass is 9.87. The molecule has 2 aliphatic carbocycles. The Hall–Kier alpha value is -2.01. The highest BCUT2D eigenvalue weighted by Gasteiger charge is 2.27. The summed E-state index contributed by atoms with van der Waals surface area (Å²) in [5, 5.41) is 18.0. The SMILES string of the molecule is CC(=O)OCN(COC(C)=O)C1CCC(N=NC2CCC(C#N)CC2)CC1. The summed E-state index contributed by atoms with van der Waals surface area (Å²) >= 11 is 0. The fourth-order valence-electron chi connectivity index (χ4n) is 3.64. The second-order valence-corrected chi connectivity index (χ2v) is 7.45. The van der Waals surface area contributed by atoms with Gasteiger partial charge in [0.25, 0.3) is 0 Å². The van der Waals surface area contributed by atoms with Gasteiger partial charge < -0.3 is 9.47 Å². The molecule has 0 N–H and O–H groups in total. The van der Waals surface area contributed by atoms with Gasteiger partial charge in [-0.3, -0.25) is 9.59 Å².